The molecule has 4 rings (SSSR count). The minimum absolute atomic E-state index is 0.0314. The number of carbonyl (C=O) groups excluding carboxylic acids is 2. The van der Waals surface area contributed by atoms with Crippen molar-refractivity contribution < 1.29 is 14.0 Å². The summed E-state index contributed by atoms with van der Waals surface area (Å²) < 4.78 is 13.4. The molecule has 1 aromatic heterocycles. The Morgan fingerprint density at radius 1 is 0.926 bits per heavy atom. The molecule has 2 fully saturated rings. The molecule has 0 radical (unpaired) electrons. The van der Waals surface area contributed by atoms with Gasteiger partial charge in [0.1, 0.15) is 11.5 Å². The lowest BCUT2D eigenvalue weighted by molar-refractivity contribution is -0.136. The average molecular weight is 371 g/mol. The number of aromatic amines is 1. The first-order valence-electron chi connectivity index (χ1n) is 9.98. The number of fused-ring (bicyclic) bond motifs is 1. The monoisotopic (exact) mass is 371 g/mol. The van der Waals surface area contributed by atoms with E-state index in [0.717, 1.165) is 44.3 Å². The largest absolute Gasteiger partial charge is 0.351 e. The Bertz CT molecular complexity index is 831. The summed E-state index contributed by atoms with van der Waals surface area (Å²) in [6.07, 6.45) is 6.07. The Kier molecular flexibility index (Phi) is 5.14. The fourth-order valence-corrected chi connectivity index (χ4v) is 4.27. The van der Waals surface area contributed by atoms with Crippen molar-refractivity contribution in [3.8, 4) is 0 Å². The zero-order valence-corrected chi connectivity index (χ0v) is 15.5. The summed E-state index contributed by atoms with van der Waals surface area (Å²) in [5, 5.41) is 0.699. The van der Waals surface area contributed by atoms with E-state index in [1.807, 2.05) is 4.90 Å². The number of carbonyl (C=O) groups is 2. The van der Waals surface area contributed by atoms with Gasteiger partial charge in [-0.2, -0.15) is 0 Å². The third-order valence-electron chi connectivity index (χ3n) is 5.86. The number of nitrogens with zero attached hydrogens (tertiary/aromatic N) is 2. The highest BCUT2D eigenvalue weighted by atomic mass is 19.1. The Hall–Kier alpha value is -2.37. The lowest BCUT2D eigenvalue weighted by atomic mass is 9.95. The summed E-state index contributed by atoms with van der Waals surface area (Å²) in [5.41, 5.74) is 1.24. The van der Waals surface area contributed by atoms with Crippen LogP contribution in [0.1, 0.15) is 49.0 Å². The van der Waals surface area contributed by atoms with Gasteiger partial charge in [-0.25, -0.2) is 4.39 Å². The minimum atomic E-state index is -0.312. The molecular formula is C21H26FN3O2. The SMILES string of the molecule is O=C(c1cc2cc(F)ccc2[nH]1)N1CCC(C(=O)N2CCCCCC2)CC1. The minimum Gasteiger partial charge on any atom is -0.351 e. The van der Waals surface area contributed by atoms with E-state index in [4.69, 9.17) is 0 Å². The smallest absolute Gasteiger partial charge is 0.270 e. The first-order valence-corrected chi connectivity index (χ1v) is 9.98. The maximum atomic E-state index is 13.4. The van der Waals surface area contributed by atoms with Crippen molar-refractivity contribution in [3.63, 3.8) is 0 Å². The average Bonchev–Trinajstić information content (AvgIpc) is 2.92. The Labute approximate surface area is 158 Å². The van der Waals surface area contributed by atoms with Crippen LogP contribution in [0.2, 0.25) is 0 Å². The van der Waals surface area contributed by atoms with Crippen LogP contribution < -0.4 is 0 Å². The zero-order chi connectivity index (χ0) is 18.8. The second kappa shape index (κ2) is 7.71. The first kappa shape index (κ1) is 18.0. The molecule has 0 unspecified atom stereocenters. The number of benzene rings is 1. The fourth-order valence-electron chi connectivity index (χ4n) is 4.27. The molecule has 6 heteroatoms. The molecule has 0 atom stereocenters. The van der Waals surface area contributed by atoms with Crippen molar-refractivity contribution in [1.29, 1.82) is 0 Å². The van der Waals surface area contributed by atoms with Gasteiger partial charge in [0.25, 0.3) is 5.91 Å². The number of halogens is 1. The summed E-state index contributed by atoms with van der Waals surface area (Å²) in [6.45, 7) is 2.94. The molecule has 2 aromatic rings. The van der Waals surface area contributed by atoms with E-state index >= 15 is 0 Å². The lowest BCUT2D eigenvalue weighted by Crippen LogP contribution is -2.44. The molecule has 5 nitrogen and oxygen atoms in total. The van der Waals surface area contributed by atoms with Crippen molar-refractivity contribution in [2.24, 2.45) is 5.92 Å². The number of likely N-dealkylation sites (tertiary alicyclic amines) is 2. The molecule has 1 aromatic carbocycles. The zero-order valence-electron chi connectivity index (χ0n) is 15.5. The van der Waals surface area contributed by atoms with Crippen molar-refractivity contribution >= 4 is 22.7 Å². The van der Waals surface area contributed by atoms with Crippen LogP contribution in [-0.4, -0.2) is 52.8 Å². The standard InChI is InChI=1S/C21H26FN3O2/c22-17-5-6-18-16(13-17)14-19(23-18)21(27)25-11-7-15(8-12-25)20(26)24-9-3-1-2-4-10-24/h5-6,13-15,23H,1-4,7-12H2. The van der Waals surface area contributed by atoms with E-state index in [2.05, 4.69) is 4.98 Å². The highest BCUT2D eigenvalue weighted by Crippen LogP contribution is 2.24. The van der Waals surface area contributed by atoms with E-state index in [-0.39, 0.29) is 23.5 Å². The summed E-state index contributed by atoms with van der Waals surface area (Å²) in [6, 6.07) is 6.16. The van der Waals surface area contributed by atoms with Crippen LogP contribution in [0.5, 0.6) is 0 Å². The van der Waals surface area contributed by atoms with E-state index in [9.17, 15) is 14.0 Å². The third-order valence-corrected chi connectivity index (χ3v) is 5.86. The maximum Gasteiger partial charge on any atom is 0.270 e. The van der Waals surface area contributed by atoms with Crippen molar-refractivity contribution in [3.05, 3.63) is 35.8 Å². The van der Waals surface area contributed by atoms with Gasteiger partial charge in [0, 0.05) is 43.0 Å². The molecule has 144 valence electrons. The first-order chi connectivity index (χ1) is 13.1. The summed E-state index contributed by atoms with van der Waals surface area (Å²) >= 11 is 0. The summed E-state index contributed by atoms with van der Waals surface area (Å²) in [7, 11) is 0. The number of hydrogen-bond donors (Lipinski definition) is 1. The Balaban J connectivity index is 1.37. The number of nitrogens with one attached hydrogen (secondary N) is 1. The topological polar surface area (TPSA) is 56.4 Å². The number of rotatable bonds is 2. The normalized spacial score (nSPS) is 19.3. The predicted octanol–water partition coefficient (Wildman–Crippen LogP) is 3.56. The third kappa shape index (κ3) is 3.84. The molecule has 0 bridgehead atoms. The fraction of sp³-hybridized carbons (Fsp3) is 0.524. The van der Waals surface area contributed by atoms with Crippen LogP contribution in [0.3, 0.4) is 0 Å². The van der Waals surface area contributed by atoms with E-state index < -0.39 is 0 Å². The second-order valence-corrected chi connectivity index (χ2v) is 7.72. The number of hydrogen-bond acceptors (Lipinski definition) is 2. The molecule has 2 amide bonds. The van der Waals surface area contributed by atoms with E-state index in [1.165, 1.54) is 25.0 Å². The van der Waals surface area contributed by atoms with Crippen LogP contribution >= 0.6 is 0 Å². The van der Waals surface area contributed by atoms with Gasteiger partial charge in [0.05, 0.1) is 0 Å². The molecule has 0 aliphatic carbocycles. The van der Waals surface area contributed by atoms with Gasteiger partial charge in [-0.1, -0.05) is 12.8 Å². The predicted molar refractivity (Wildman–Crippen MR) is 102 cm³/mol. The molecule has 2 aliphatic heterocycles. The van der Waals surface area contributed by atoms with Gasteiger partial charge in [0.15, 0.2) is 0 Å². The molecule has 3 heterocycles. The van der Waals surface area contributed by atoms with Crippen molar-refractivity contribution in [1.82, 2.24) is 14.8 Å². The van der Waals surface area contributed by atoms with E-state index in [0.29, 0.717) is 24.2 Å². The van der Waals surface area contributed by atoms with Crippen LogP contribution in [0.4, 0.5) is 4.39 Å². The highest BCUT2D eigenvalue weighted by Gasteiger charge is 2.31. The Morgan fingerprint density at radius 2 is 1.63 bits per heavy atom. The Morgan fingerprint density at radius 3 is 2.33 bits per heavy atom. The highest BCUT2D eigenvalue weighted by molar-refractivity contribution is 5.98. The molecular weight excluding hydrogens is 345 g/mol. The lowest BCUT2D eigenvalue weighted by Gasteiger charge is -2.33. The number of amides is 2. The molecule has 0 spiro atoms. The molecule has 2 aliphatic rings. The number of piperidine rings is 1. The molecule has 0 saturated carbocycles. The second-order valence-electron chi connectivity index (χ2n) is 7.72. The van der Waals surface area contributed by atoms with Crippen LogP contribution in [0, 0.1) is 11.7 Å². The van der Waals surface area contributed by atoms with E-state index in [1.54, 1.807) is 17.0 Å². The maximum absolute atomic E-state index is 13.4. The molecule has 27 heavy (non-hydrogen) atoms. The quantitative estimate of drug-likeness (QED) is 0.878. The number of aromatic nitrogens is 1. The molecule has 2 saturated heterocycles. The van der Waals surface area contributed by atoms with Gasteiger partial charge < -0.3 is 14.8 Å². The van der Waals surface area contributed by atoms with Gasteiger partial charge >= 0.3 is 0 Å². The van der Waals surface area contributed by atoms with Gasteiger partial charge in [-0.3, -0.25) is 9.59 Å². The van der Waals surface area contributed by atoms with Crippen LogP contribution in [-0.2, 0) is 4.79 Å². The van der Waals surface area contributed by atoms with Gasteiger partial charge in [0.2, 0.25) is 5.91 Å². The van der Waals surface area contributed by atoms with Crippen LogP contribution in [0.25, 0.3) is 10.9 Å². The van der Waals surface area contributed by atoms with Gasteiger partial charge in [-0.15, -0.1) is 0 Å². The van der Waals surface area contributed by atoms with Gasteiger partial charge in [-0.05, 0) is 49.9 Å². The molecule has 1 N–H and O–H groups in total. The number of H-pyrrole nitrogens is 1. The van der Waals surface area contributed by atoms with Crippen LogP contribution in [0.15, 0.2) is 24.3 Å². The van der Waals surface area contributed by atoms with Crippen molar-refractivity contribution in [2.75, 3.05) is 26.2 Å². The summed E-state index contributed by atoms with van der Waals surface area (Å²) in [4.78, 5) is 32.5. The summed E-state index contributed by atoms with van der Waals surface area (Å²) in [5.74, 6) is -0.0883. The van der Waals surface area contributed by atoms with Crippen molar-refractivity contribution in [2.45, 2.75) is 38.5 Å².